The van der Waals surface area contributed by atoms with Gasteiger partial charge in [0, 0.05) is 18.0 Å². The summed E-state index contributed by atoms with van der Waals surface area (Å²) >= 11 is 1.63. The van der Waals surface area contributed by atoms with Gasteiger partial charge in [-0.15, -0.1) is 11.3 Å². The molecule has 1 aliphatic carbocycles. The lowest BCUT2D eigenvalue weighted by molar-refractivity contribution is 0.182. The van der Waals surface area contributed by atoms with Crippen LogP contribution in [-0.4, -0.2) is 29.0 Å². The number of amides is 2. The first-order valence-corrected chi connectivity index (χ1v) is 10.3. The zero-order chi connectivity index (χ0) is 17.9. The minimum absolute atomic E-state index is 0.0414. The smallest absolute Gasteiger partial charge is 0.323 e. The van der Waals surface area contributed by atoms with Gasteiger partial charge in [-0.1, -0.05) is 12.1 Å². The first-order valence-electron chi connectivity index (χ1n) is 9.46. The van der Waals surface area contributed by atoms with E-state index >= 15 is 0 Å². The second-order valence-corrected chi connectivity index (χ2v) is 8.37. The summed E-state index contributed by atoms with van der Waals surface area (Å²) in [6.45, 7) is 1.49. The predicted octanol–water partition coefficient (Wildman–Crippen LogP) is 4.65. The average Bonchev–Trinajstić information content (AvgIpc) is 3.04. The van der Waals surface area contributed by atoms with Crippen molar-refractivity contribution in [3.8, 4) is 0 Å². The highest BCUT2D eigenvalue weighted by Gasteiger charge is 2.24. The van der Waals surface area contributed by atoms with Crippen LogP contribution in [0.2, 0.25) is 0 Å². The van der Waals surface area contributed by atoms with Crippen molar-refractivity contribution in [2.75, 3.05) is 18.4 Å². The van der Waals surface area contributed by atoms with Crippen molar-refractivity contribution in [2.45, 2.75) is 44.9 Å². The van der Waals surface area contributed by atoms with Gasteiger partial charge < -0.3 is 4.90 Å². The molecule has 1 aromatic carbocycles. The number of piperidine rings is 1. The third-order valence-corrected chi connectivity index (χ3v) is 6.45. The molecule has 0 radical (unpaired) electrons. The molecule has 1 aromatic heterocycles. The third-order valence-electron chi connectivity index (χ3n) is 5.37. The fraction of sp³-hybridized carbons (Fsp3) is 0.500. The largest absolute Gasteiger partial charge is 0.324 e. The minimum atomic E-state index is -0.176. The molecule has 0 unspecified atom stereocenters. The summed E-state index contributed by atoms with van der Waals surface area (Å²) in [5.74, 6) is 0.332. The van der Waals surface area contributed by atoms with Crippen LogP contribution in [0.25, 0.3) is 0 Å². The van der Waals surface area contributed by atoms with E-state index in [9.17, 15) is 9.18 Å². The van der Waals surface area contributed by atoms with E-state index in [0.29, 0.717) is 5.92 Å². The van der Waals surface area contributed by atoms with E-state index in [1.54, 1.807) is 23.5 Å². The van der Waals surface area contributed by atoms with Gasteiger partial charge in [-0.05, 0) is 68.6 Å². The van der Waals surface area contributed by atoms with Gasteiger partial charge in [0.2, 0.25) is 0 Å². The Morgan fingerprint density at radius 3 is 2.85 bits per heavy atom. The lowest BCUT2D eigenvalue weighted by atomic mass is 9.90. The lowest BCUT2D eigenvalue weighted by Gasteiger charge is -2.31. The molecule has 1 aliphatic heterocycles. The summed E-state index contributed by atoms with van der Waals surface area (Å²) < 4.78 is 13.3. The number of rotatable bonds is 3. The van der Waals surface area contributed by atoms with Crippen molar-refractivity contribution in [1.82, 2.24) is 9.88 Å². The molecule has 2 aromatic rings. The van der Waals surface area contributed by atoms with E-state index in [2.05, 4.69) is 10.3 Å². The van der Waals surface area contributed by atoms with E-state index in [1.165, 1.54) is 29.5 Å². The van der Waals surface area contributed by atoms with Crippen LogP contribution in [0.5, 0.6) is 0 Å². The number of carbonyl (C=O) groups is 1. The normalized spacial score (nSPS) is 17.8. The quantitative estimate of drug-likeness (QED) is 0.851. The molecule has 0 atom stereocenters. The van der Waals surface area contributed by atoms with Gasteiger partial charge in [-0.2, -0.15) is 0 Å². The number of aryl methyl sites for hydroxylation is 2. The number of hydrogen-bond acceptors (Lipinski definition) is 3. The molecule has 4 rings (SSSR count). The van der Waals surface area contributed by atoms with Crippen LogP contribution in [0.1, 0.15) is 41.8 Å². The van der Waals surface area contributed by atoms with E-state index in [1.807, 2.05) is 11.0 Å². The Bertz CT molecular complexity index is 760. The number of nitrogens with zero attached hydrogens (tertiary/aromatic N) is 2. The Morgan fingerprint density at radius 2 is 2.08 bits per heavy atom. The van der Waals surface area contributed by atoms with Crippen LogP contribution in [0, 0.1) is 11.7 Å². The number of hydrogen-bond donors (Lipinski definition) is 1. The number of fused-ring (bicyclic) bond motifs is 1. The highest BCUT2D eigenvalue weighted by molar-refractivity contribution is 7.15. The molecule has 0 bridgehead atoms. The molecule has 26 heavy (non-hydrogen) atoms. The molecule has 138 valence electrons. The summed E-state index contributed by atoms with van der Waals surface area (Å²) in [7, 11) is 0. The van der Waals surface area contributed by atoms with E-state index in [0.717, 1.165) is 55.9 Å². The number of benzene rings is 1. The molecule has 1 saturated heterocycles. The molecule has 1 fully saturated rings. The fourth-order valence-corrected chi connectivity index (χ4v) is 4.95. The van der Waals surface area contributed by atoms with Gasteiger partial charge in [0.25, 0.3) is 0 Å². The highest BCUT2D eigenvalue weighted by atomic mass is 32.1. The van der Waals surface area contributed by atoms with Gasteiger partial charge in [0.15, 0.2) is 5.13 Å². The Labute approximate surface area is 157 Å². The van der Waals surface area contributed by atoms with Crippen LogP contribution in [0.3, 0.4) is 0 Å². The number of anilines is 1. The van der Waals surface area contributed by atoms with Crippen LogP contribution < -0.4 is 5.32 Å². The number of urea groups is 1. The molecule has 1 N–H and O–H groups in total. The van der Waals surface area contributed by atoms with E-state index < -0.39 is 0 Å². The van der Waals surface area contributed by atoms with Crippen molar-refractivity contribution in [3.63, 3.8) is 0 Å². The SMILES string of the molecule is O=C(Nc1nc2c(s1)CCCC2)N1CCC(Cc2cccc(F)c2)CC1. The molecule has 2 amide bonds. The minimum Gasteiger partial charge on any atom is -0.324 e. The molecular formula is C20H24FN3OS. The molecule has 0 spiro atoms. The molecule has 6 heteroatoms. The lowest BCUT2D eigenvalue weighted by Crippen LogP contribution is -2.41. The van der Waals surface area contributed by atoms with Crippen molar-refractivity contribution in [2.24, 2.45) is 5.92 Å². The number of carbonyl (C=O) groups excluding carboxylic acids is 1. The van der Waals surface area contributed by atoms with Gasteiger partial charge in [-0.3, -0.25) is 5.32 Å². The van der Waals surface area contributed by atoms with Crippen molar-refractivity contribution < 1.29 is 9.18 Å². The summed E-state index contributed by atoms with van der Waals surface area (Å²) in [6, 6.07) is 6.80. The molecule has 0 saturated carbocycles. The van der Waals surface area contributed by atoms with Crippen LogP contribution in [0.4, 0.5) is 14.3 Å². The van der Waals surface area contributed by atoms with Crippen LogP contribution in [0.15, 0.2) is 24.3 Å². The second-order valence-electron chi connectivity index (χ2n) is 7.29. The maximum Gasteiger partial charge on any atom is 0.323 e. The van der Waals surface area contributed by atoms with Crippen molar-refractivity contribution >= 4 is 22.5 Å². The second kappa shape index (κ2) is 7.74. The summed E-state index contributed by atoms with van der Waals surface area (Å²) in [6.07, 6.45) is 7.34. The van der Waals surface area contributed by atoms with E-state index in [-0.39, 0.29) is 11.8 Å². The Hall–Kier alpha value is -1.95. The molecule has 4 nitrogen and oxygen atoms in total. The number of thiazole rings is 1. The third kappa shape index (κ3) is 4.06. The van der Waals surface area contributed by atoms with Gasteiger partial charge >= 0.3 is 6.03 Å². The standard InChI is InChI=1S/C20H24FN3OS/c21-16-5-3-4-15(13-16)12-14-8-10-24(11-9-14)20(25)23-19-22-17-6-1-2-7-18(17)26-19/h3-5,13-14H,1-2,6-12H2,(H,22,23,25). The summed E-state index contributed by atoms with van der Waals surface area (Å²) in [5.41, 5.74) is 2.21. The Morgan fingerprint density at radius 1 is 1.27 bits per heavy atom. The molecule has 2 aliphatic rings. The predicted molar refractivity (Wildman–Crippen MR) is 102 cm³/mol. The summed E-state index contributed by atoms with van der Waals surface area (Å²) in [4.78, 5) is 20.3. The topological polar surface area (TPSA) is 45.2 Å². The number of aromatic nitrogens is 1. The van der Waals surface area contributed by atoms with Crippen molar-refractivity contribution in [1.29, 1.82) is 0 Å². The van der Waals surface area contributed by atoms with Gasteiger partial charge in [0.1, 0.15) is 5.82 Å². The molecule has 2 heterocycles. The first kappa shape index (κ1) is 17.5. The van der Waals surface area contributed by atoms with Gasteiger partial charge in [0.05, 0.1) is 5.69 Å². The molecular weight excluding hydrogens is 349 g/mol. The van der Waals surface area contributed by atoms with Crippen LogP contribution in [-0.2, 0) is 19.3 Å². The Balaban J connectivity index is 1.28. The number of nitrogens with one attached hydrogen (secondary N) is 1. The van der Waals surface area contributed by atoms with Gasteiger partial charge in [-0.25, -0.2) is 14.2 Å². The summed E-state index contributed by atoms with van der Waals surface area (Å²) in [5, 5.41) is 3.73. The average molecular weight is 373 g/mol. The monoisotopic (exact) mass is 373 g/mol. The maximum absolute atomic E-state index is 13.3. The van der Waals surface area contributed by atoms with Crippen molar-refractivity contribution in [3.05, 3.63) is 46.2 Å². The Kier molecular flexibility index (Phi) is 5.20. The zero-order valence-corrected chi connectivity index (χ0v) is 15.7. The maximum atomic E-state index is 13.3. The highest BCUT2D eigenvalue weighted by Crippen LogP contribution is 2.30. The fourth-order valence-electron chi connectivity index (χ4n) is 3.91. The number of halogens is 1. The zero-order valence-electron chi connectivity index (χ0n) is 14.8. The van der Waals surface area contributed by atoms with Crippen LogP contribution >= 0.6 is 11.3 Å². The first-order chi connectivity index (χ1) is 12.7. The van der Waals surface area contributed by atoms with E-state index in [4.69, 9.17) is 0 Å². The number of likely N-dealkylation sites (tertiary alicyclic amines) is 1.